The summed E-state index contributed by atoms with van der Waals surface area (Å²) in [6.07, 6.45) is 8.11. The minimum absolute atomic E-state index is 0.0597. The molecule has 2 aromatic rings. The van der Waals surface area contributed by atoms with Crippen molar-refractivity contribution in [1.29, 1.82) is 0 Å². The van der Waals surface area contributed by atoms with Gasteiger partial charge < -0.3 is 10.0 Å². The van der Waals surface area contributed by atoms with Gasteiger partial charge in [-0.1, -0.05) is 25.0 Å². The molecule has 1 aliphatic heterocycles. The standard InChI is InChI=1S/C19H20N2O3/c22-18(15-6-3-5-13-11-20-9-8-14(13)15)21-16-7-2-1-4-12(16)10-17(21)19(23)24/h3,5-6,8-9,11-12,16-17H,1-2,4,7,10H2,(H,23,24). The van der Waals surface area contributed by atoms with Crippen molar-refractivity contribution in [3.8, 4) is 0 Å². The van der Waals surface area contributed by atoms with Crippen molar-refractivity contribution in [3.63, 3.8) is 0 Å². The molecular weight excluding hydrogens is 304 g/mol. The van der Waals surface area contributed by atoms with E-state index in [1.54, 1.807) is 23.4 Å². The van der Waals surface area contributed by atoms with Gasteiger partial charge in [0.15, 0.2) is 0 Å². The van der Waals surface area contributed by atoms with Crippen LogP contribution in [0.4, 0.5) is 0 Å². The van der Waals surface area contributed by atoms with Gasteiger partial charge in [-0.25, -0.2) is 4.79 Å². The van der Waals surface area contributed by atoms with Crippen LogP contribution in [-0.2, 0) is 4.79 Å². The first kappa shape index (κ1) is 15.1. The average Bonchev–Trinajstić information content (AvgIpc) is 3.00. The Bertz CT molecular complexity index is 799. The van der Waals surface area contributed by atoms with Crippen molar-refractivity contribution in [2.24, 2.45) is 5.92 Å². The molecule has 1 aromatic heterocycles. The number of aromatic nitrogens is 1. The highest BCUT2D eigenvalue weighted by molar-refractivity contribution is 6.08. The van der Waals surface area contributed by atoms with E-state index in [1.165, 1.54) is 0 Å². The van der Waals surface area contributed by atoms with E-state index in [2.05, 4.69) is 4.98 Å². The molecule has 1 aliphatic carbocycles. The predicted octanol–water partition coefficient (Wildman–Crippen LogP) is 3.09. The third-order valence-corrected chi connectivity index (χ3v) is 5.52. The maximum atomic E-state index is 13.3. The van der Waals surface area contributed by atoms with E-state index in [-0.39, 0.29) is 11.9 Å². The average molecular weight is 324 g/mol. The van der Waals surface area contributed by atoms with Gasteiger partial charge in [-0.2, -0.15) is 0 Å². The highest BCUT2D eigenvalue weighted by atomic mass is 16.4. The molecule has 1 saturated heterocycles. The number of amides is 1. The van der Waals surface area contributed by atoms with E-state index in [1.807, 2.05) is 18.2 Å². The molecule has 1 amide bonds. The number of hydrogen-bond acceptors (Lipinski definition) is 3. The Balaban J connectivity index is 1.77. The summed E-state index contributed by atoms with van der Waals surface area (Å²) in [5.41, 5.74) is 0.576. The molecule has 1 N–H and O–H groups in total. The molecule has 5 nitrogen and oxygen atoms in total. The second-order valence-corrected chi connectivity index (χ2v) is 6.82. The van der Waals surface area contributed by atoms with E-state index < -0.39 is 12.0 Å². The van der Waals surface area contributed by atoms with Gasteiger partial charge in [0, 0.05) is 29.4 Å². The van der Waals surface area contributed by atoms with Gasteiger partial charge in [0.25, 0.3) is 5.91 Å². The first-order valence-corrected chi connectivity index (χ1v) is 8.55. The van der Waals surface area contributed by atoms with Crippen molar-refractivity contribution in [3.05, 3.63) is 42.2 Å². The number of aliphatic carboxylic acids is 1. The zero-order valence-corrected chi connectivity index (χ0v) is 13.4. The molecule has 0 spiro atoms. The van der Waals surface area contributed by atoms with Crippen LogP contribution in [0.3, 0.4) is 0 Å². The fraction of sp³-hybridized carbons (Fsp3) is 0.421. The summed E-state index contributed by atoms with van der Waals surface area (Å²) in [6, 6.07) is 6.72. The quantitative estimate of drug-likeness (QED) is 0.921. The van der Waals surface area contributed by atoms with Crippen molar-refractivity contribution in [2.45, 2.75) is 44.2 Å². The van der Waals surface area contributed by atoms with Gasteiger partial charge in [0.05, 0.1) is 0 Å². The summed E-state index contributed by atoms with van der Waals surface area (Å²) in [6.45, 7) is 0. The summed E-state index contributed by atoms with van der Waals surface area (Å²) < 4.78 is 0. The maximum Gasteiger partial charge on any atom is 0.326 e. The fourth-order valence-corrected chi connectivity index (χ4v) is 4.42. The van der Waals surface area contributed by atoms with Crippen LogP contribution in [0, 0.1) is 5.92 Å². The minimum Gasteiger partial charge on any atom is -0.480 e. The predicted molar refractivity (Wildman–Crippen MR) is 89.7 cm³/mol. The van der Waals surface area contributed by atoms with Gasteiger partial charge in [-0.15, -0.1) is 0 Å². The van der Waals surface area contributed by atoms with Gasteiger partial charge in [0.2, 0.25) is 0 Å². The normalized spacial score (nSPS) is 26.3. The second-order valence-electron chi connectivity index (χ2n) is 6.82. The van der Waals surface area contributed by atoms with Crippen molar-refractivity contribution in [1.82, 2.24) is 9.88 Å². The molecule has 124 valence electrons. The summed E-state index contributed by atoms with van der Waals surface area (Å²) in [4.78, 5) is 30.8. The van der Waals surface area contributed by atoms with Crippen LogP contribution >= 0.6 is 0 Å². The minimum atomic E-state index is -0.889. The van der Waals surface area contributed by atoms with Crippen LogP contribution in [0.25, 0.3) is 10.8 Å². The SMILES string of the molecule is O=C(O)C1CC2CCCCC2N1C(=O)c1cccc2cnccc12. The number of benzene rings is 1. The third kappa shape index (κ3) is 2.35. The van der Waals surface area contributed by atoms with E-state index in [4.69, 9.17) is 0 Å². The zero-order chi connectivity index (χ0) is 16.7. The molecular formula is C19H20N2O3. The van der Waals surface area contributed by atoms with Crippen molar-refractivity contribution >= 4 is 22.6 Å². The van der Waals surface area contributed by atoms with E-state index in [0.29, 0.717) is 17.9 Å². The Hall–Kier alpha value is -2.43. The molecule has 2 aliphatic rings. The lowest BCUT2D eigenvalue weighted by atomic mass is 9.84. The largest absolute Gasteiger partial charge is 0.480 e. The molecule has 0 radical (unpaired) electrons. The molecule has 4 rings (SSSR count). The second kappa shape index (κ2) is 5.89. The number of carbonyl (C=O) groups excluding carboxylic acids is 1. The van der Waals surface area contributed by atoms with Crippen LogP contribution in [0.1, 0.15) is 42.5 Å². The van der Waals surface area contributed by atoms with Crippen LogP contribution in [0.15, 0.2) is 36.7 Å². The molecule has 2 fully saturated rings. The lowest BCUT2D eigenvalue weighted by molar-refractivity contribution is -0.141. The lowest BCUT2D eigenvalue weighted by Gasteiger charge is -2.33. The molecule has 1 saturated carbocycles. The van der Waals surface area contributed by atoms with Gasteiger partial charge in [0.1, 0.15) is 6.04 Å². The van der Waals surface area contributed by atoms with Gasteiger partial charge in [-0.3, -0.25) is 9.78 Å². The number of carboxylic acids is 1. The monoisotopic (exact) mass is 324 g/mol. The van der Waals surface area contributed by atoms with Crippen LogP contribution in [0.5, 0.6) is 0 Å². The van der Waals surface area contributed by atoms with Crippen molar-refractivity contribution in [2.75, 3.05) is 0 Å². The van der Waals surface area contributed by atoms with Gasteiger partial charge >= 0.3 is 5.97 Å². The lowest BCUT2D eigenvalue weighted by Crippen LogP contribution is -2.46. The molecule has 5 heteroatoms. The van der Waals surface area contributed by atoms with Crippen molar-refractivity contribution < 1.29 is 14.7 Å². The van der Waals surface area contributed by atoms with E-state index in [9.17, 15) is 14.7 Å². The summed E-state index contributed by atoms with van der Waals surface area (Å²) >= 11 is 0. The zero-order valence-electron chi connectivity index (χ0n) is 13.4. The first-order chi connectivity index (χ1) is 11.7. The Labute approximate surface area is 140 Å². The number of nitrogens with zero attached hydrogens (tertiary/aromatic N) is 2. The number of rotatable bonds is 2. The third-order valence-electron chi connectivity index (χ3n) is 5.52. The summed E-state index contributed by atoms with van der Waals surface area (Å²) in [5.74, 6) is -0.728. The van der Waals surface area contributed by atoms with Crippen LogP contribution in [0.2, 0.25) is 0 Å². The number of likely N-dealkylation sites (tertiary alicyclic amines) is 1. The van der Waals surface area contributed by atoms with E-state index >= 15 is 0 Å². The number of pyridine rings is 1. The number of hydrogen-bond donors (Lipinski definition) is 1. The Kier molecular flexibility index (Phi) is 3.71. The van der Waals surface area contributed by atoms with E-state index in [0.717, 1.165) is 36.5 Å². The number of fused-ring (bicyclic) bond motifs is 2. The Morgan fingerprint density at radius 3 is 2.83 bits per heavy atom. The fourth-order valence-electron chi connectivity index (χ4n) is 4.42. The molecule has 3 atom stereocenters. The molecule has 1 aromatic carbocycles. The molecule has 0 bridgehead atoms. The molecule has 3 unspecified atom stereocenters. The smallest absolute Gasteiger partial charge is 0.326 e. The van der Waals surface area contributed by atoms with Crippen LogP contribution in [-0.4, -0.2) is 39.0 Å². The topological polar surface area (TPSA) is 70.5 Å². The highest BCUT2D eigenvalue weighted by Gasteiger charge is 2.47. The van der Waals surface area contributed by atoms with Gasteiger partial charge in [-0.05, 0) is 42.7 Å². The van der Waals surface area contributed by atoms with Crippen LogP contribution < -0.4 is 0 Å². The Morgan fingerprint density at radius 2 is 2.00 bits per heavy atom. The first-order valence-electron chi connectivity index (χ1n) is 8.55. The number of carbonyl (C=O) groups is 2. The Morgan fingerprint density at radius 1 is 1.17 bits per heavy atom. The number of carboxylic acid groups (broad SMARTS) is 1. The summed E-state index contributed by atoms with van der Waals surface area (Å²) in [5, 5.41) is 11.4. The molecule has 2 heterocycles. The molecule has 24 heavy (non-hydrogen) atoms. The highest BCUT2D eigenvalue weighted by Crippen LogP contribution is 2.41. The maximum absolute atomic E-state index is 13.3. The summed E-state index contributed by atoms with van der Waals surface area (Å²) in [7, 11) is 0.